The van der Waals surface area contributed by atoms with Gasteiger partial charge in [-0.05, 0) is 6.42 Å². The van der Waals surface area contributed by atoms with Crippen LogP contribution in [0.5, 0.6) is 0 Å². The van der Waals surface area contributed by atoms with E-state index in [1.807, 2.05) is 19.4 Å². The van der Waals surface area contributed by atoms with E-state index in [2.05, 4.69) is 25.5 Å². The standard InChI is InChI=1S/C7H11BrN2.BrH/c1-10-6-5-9-7(10)3-2-4-8;/h5-6H,2-4H2,1H3;1H. The second-order valence-electron chi connectivity index (χ2n) is 2.25. The van der Waals surface area contributed by atoms with Gasteiger partial charge in [0.25, 0.3) is 0 Å². The van der Waals surface area contributed by atoms with Gasteiger partial charge in [0, 0.05) is 31.2 Å². The van der Waals surface area contributed by atoms with Crippen LogP contribution in [0.1, 0.15) is 12.2 Å². The number of aryl methyl sites for hydroxylation is 2. The molecule has 4 heteroatoms. The molecule has 0 saturated carbocycles. The molecule has 1 heterocycles. The van der Waals surface area contributed by atoms with Crippen LogP contribution in [-0.2, 0) is 13.5 Å². The Morgan fingerprint density at radius 2 is 2.36 bits per heavy atom. The Morgan fingerprint density at radius 1 is 1.64 bits per heavy atom. The molecule has 0 saturated heterocycles. The highest BCUT2D eigenvalue weighted by molar-refractivity contribution is 9.09. The summed E-state index contributed by atoms with van der Waals surface area (Å²) in [5.41, 5.74) is 0. The average molecular weight is 284 g/mol. The summed E-state index contributed by atoms with van der Waals surface area (Å²) in [5.74, 6) is 1.17. The molecule has 0 spiro atoms. The molecule has 0 N–H and O–H groups in total. The summed E-state index contributed by atoms with van der Waals surface area (Å²) in [6.07, 6.45) is 6.03. The van der Waals surface area contributed by atoms with Gasteiger partial charge >= 0.3 is 0 Å². The summed E-state index contributed by atoms with van der Waals surface area (Å²) in [6.45, 7) is 0. The van der Waals surface area contributed by atoms with Crippen molar-refractivity contribution in [1.29, 1.82) is 0 Å². The molecule has 1 aromatic rings. The number of aromatic nitrogens is 2. The summed E-state index contributed by atoms with van der Waals surface area (Å²) in [4.78, 5) is 4.20. The van der Waals surface area contributed by atoms with Crippen LogP contribution in [0.3, 0.4) is 0 Å². The van der Waals surface area contributed by atoms with E-state index in [-0.39, 0.29) is 17.0 Å². The number of rotatable bonds is 3. The first-order valence-electron chi connectivity index (χ1n) is 3.36. The number of nitrogens with zero attached hydrogens (tertiary/aromatic N) is 2. The predicted molar refractivity (Wildman–Crippen MR) is 55.6 cm³/mol. The van der Waals surface area contributed by atoms with Gasteiger partial charge in [-0.1, -0.05) is 15.9 Å². The Morgan fingerprint density at radius 3 is 2.82 bits per heavy atom. The third-order valence-corrected chi connectivity index (χ3v) is 2.02. The van der Waals surface area contributed by atoms with Crippen LogP contribution in [0.25, 0.3) is 0 Å². The normalized spacial score (nSPS) is 9.27. The summed E-state index contributed by atoms with van der Waals surface area (Å²) in [5, 5.41) is 1.06. The number of hydrogen-bond acceptors (Lipinski definition) is 1. The van der Waals surface area contributed by atoms with Crippen LogP contribution < -0.4 is 0 Å². The molecule has 1 rings (SSSR count). The van der Waals surface area contributed by atoms with Gasteiger partial charge in [0.15, 0.2) is 0 Å². The molecule has 11 heavy (non-hydrogen) atoms. The Balaban J connectivity index is 0.000001000. The second kappa shape index (κ2) is 5.77. The van der Waals surface area contributed by atoms with Gasteiger partial charge in [0.1, 0.15) is 5.82 Å². The zero-order valence-corrected chi connectivity index (χ0v) is 9.76. The molecule has 0 amide bonds. The Bertz CT molecular complexity index is 198. The summed E-state index contributed by atoms with van der Waals surface area (Å²) in [7, 11) is 2.02. The zero-order chi connectivity index (χ0) is 7.40. The maximum absolute atomic E-state index is 4.20. The first-order valence-corrected chi connectivity index (χ1v) is 4.49. The van der Waals surface area contributed by atoms with Crippen LogP contribution in [0.4, 0.5) is 0 Å². The van der Waals surface area contributed by atoms with Gasteiger partial charge in [0.2, 0.25) is 0 Å². The van der Waals surface area contributed by atoms with E-state index in [1.54, 1.807) is 0 Å². The van der Waals surface area contributed by atoms with Crippen molar-refractivity contribution in [2.24, 2.45) is 7.05 Å². The van der Waals surface area contributed by atoms with Gasteiger partial charge in [-0.3, -0.25) is 0 Å². The van der Waals surface area contributed by atoms with E-state index in [0.29, 0.717) is 0 Å². The fourth-order valence-electron chi connectivity index (χ4n) is 0.862. The average Bonchev–Trinajstić information content (AvgIpc) is 2.31. The van der Waals surface area contributed by atoms with E-state index in [9.17, 15) is 0 Å². The first kappa shape index (κ1) is 11.2. The molecule has 0 aliphatic heterocycles. The number of imidazole rings is 1. The fourth-order valence-corrected chi connectivity index (χ4v) is 1.14. The van der Waals surface area contributed by atoms with Crippen LogP contribution in [0.2, 0.25) is 0 Å². The maximum atomic E-state index is 4.20. The van der Waals surface area contributed by atoms with E-state index in [1.165, 1.54) is 5.82 Å². The van der Waals surface area contributed by atoms with Crippen molar-refractivity contribution in [1.82, 2.24) is 9.55 Å². The highest BCUT2D eigenvalue weighted by Gasteiger charge is 1.95. The molecule has 0 aliphatic carbocycles. The van der Waals surface area contributed by atoms with Crippen molar-refractivity contribution in [2.75, 3.05) is 5.33 Å². The summed E-state index contributed by atoms with van der Waals surface area (Å²) in [6, 6.07) is 0. The second-order valence-corrected chi connectivity index (χ2v) is 3.04. The van der Waals surface area contributed by atoms with Crippen LogP contribution >= 0.6 is 32.9 Å². The van der Waals surface area contributed by atoms with E-state index >= 15 is 0 Å². The smallest absolute Gasteiger partial charge is 0.108 e. The lowest BCUT2D eigenvalue weighted by atomic mass is 10.3. The third kappa shape index (κ3) is 3.38. The quantitative estimate of drug-likeness (QED) is 0.779. The van der Waals surface area contributed by atoms with Crippen LogP contribution in [-0.4, -0.2) is 14.9 Å². The molecule has 1 aromatic heterocycles. The van der Waals surface area contributed by atoms with E-state index in [0.717, 1.165) is 18.2 Å². The maximum Gasteiger partial charge on any atom is 0.108 e. The molecular formula is C7H12Br2N2. The molecule has 0 bridgehead atoms. The van der Waals surface area contributed by atoms with Gasteiger partial charge in [-0.2, -0.15) is 0 Å². The topological polar surface area (TPSA) is 17.8 Å². The van der Waals surface area contributed by atoms with E-state index in [4.69, 9.17) is 0 Å². The molecule has 2 nitrogen and oxygen atoms in total. The SMILES string of the molecule is Br.Cn1ccnc1CCCBr. The minimum absolute atomic E-state index is 0. The Labute approximate surface area is 85.9 Å². The molecule has 0 atom stereocenters. The van der Waals surface area contributed by atoms with Crippen LogP contribution in [0, 0.1) is 0 Å². The molecule has 0 fully saturated rings. The lowest BCUT2D eigenvalue weighted by molar-refractivity contribution is 0.764. The molecule has 0 aromatic carbocycles. The summed E-state index contributed by atoms with van der Waals surface area (Å²) >= 11 is 3.38. The minimum atomic E-state index is 0. The number of alkyl halides is 1. The van der Waals surface area contributed by atoms with Gasteiger partial charge in [-0.15, -0.1) is 17.0 Å². The van der Waals surface area contributed by atoms with Crippen molar-refractivity contribution in [3.63, 3.8) is 0 Å². The molecule has 64 valence electrons. The van der Waals surface area contributed by atoms with Crippen molar-refractivity contribution in [2.45, 2.75) is 12.8 Å². The van der Waals surface area contributed by atoms with Crippen molar-refractivity contribution < 1.29 is 0 Å². The largest absolute Gasteiger partial charge is 0.338 e. The highest BCUT2D eigenvalue weighted by Crippen LogP contribution is 1.99. The van der Waals surface area contributed by atoms with E-state index < -0.39 is 0 Å². The zero-order valence-electron chi connectivity index (χ0n) is 6.46. The fraction of sp³-hybridized carbons (Fsp3) is 0.571. The first-order chi connectivity index (χ1) is 4.84. The van der Waals surface area contributed by atoms with Crippen molar-refractivity contribution in [3.05, 3.63) is 18.2 Å². The third-order valence-electron chi connectivity index (χ3n) is 1.45. The Hall–Kier alpha value is 0.170. The molecular weight excluding hydrogens is 272 g/mol. The van der Waals surface area contributed by atoms with Crippen molar-refractivity contribution in [3.8, 4) is 0 Å². The van der Waals surface area contributed by atoms with Gasteiger partial charge in [-0.25, -0.2) is 4.98 Å². The number of halogens is 2. The Kier molecular flexibility index (Phi) is 5.86. The molecule has 0 aliphatic rings. The van der Waals surface area contributed by atoms with Gasteiger partial charge in [0.05, 0.1) is 0 Å². The highest BCUT2D eigenvalue weighted by atomic mass is 79.9. The van der Waals surface area contributed by atoms with Gasteiger partial charge < -0.3 is 4.57 Å². The predicted octanol–water partition coefficient (Wildman–Crippen LogP) is 2.33. The lowest BCUT2D eigenvalue weighted by Crippen LogP contribution is -1.96. The molecule has 0 radical (unpaired) electrons. The lowest BCUT2D eigenvalue weighted by Gasteiger charge is -1.97. The summed E-state index contributed by atoms with van der Waals surface area (Å²) < 4.78 is 2.06. The number of hydrogen-bond donors (Lipinski definition) is 0. The van der Waals surface area contributed by atoms with Crippen LogP contribution in [0.15, 0.2) is 12.4 Å². The minimum Gasteiger partial charge on any atom is -0.338 e. The monoisotopic (exact) mass is 282 g/mol. The van der Waals surface area contributed by atoms with Crippen molar-refractivity contribution >= 4 is 32.9 Å². The molecule has 0 unspecified atom stereocenters.